The van der Waals surface area contributed by atoms with E-state index in [-0.39, 0.29) is 11.6 Å². The Morgan fingerprint density at radius 2 is 1.59 bits per heavy atom. The van der Waals surface area contributed by atoms with E-state index in [9.17, 15) is 9.59 Å². The quantitative estimate of drug-likeness (QED) is 0.748. The maximum Gasteiger partial charge on any atom is 0.179 e. The minimum Gasteiger partial charge on any atom is -0.298 e. The van der Waals surface area contributed by atoms with E-state index >= 15 is 0 Å². The molecule has 4 nitrogen and oxygen atoms in total. The van der Waals surface area contributed by atoms with Crippen molar-refractivity contribution in [1.29, 1.82) is 0 Å². The van der Waals surface area contributed by atoms with Crippen molar-refractivity contribution < 1.29 is 14.4 Å². The first-order chi connectivity index (χ1) is 10.2. The third-order valence-electron chi connectivity index (χ3n) is 5.33. The topological polar surface area (TPSA) is 46.6 Å². The van der Waals surface area contributed by atoms with Crippen LogP contribution in [0, 0.1) is 26.7 Å². The second-order valence-electron chi connectivity index (χ2n) is 7.20. The van der Waals surface area contributed by atoms with E-state index in [2.05, 4.69) is 0 Å². The first-order valence-electron chi connectivity index (χ1n) is 7.72. The van der Waals surface area contributed by atoms with Gasteiger partial charge in [0.1, 0.15) is 5.92 Å². The van der Waals surface area contributed by atoms with Gasteiger partial charge in [-0.3, -0.25) is 14.4 Å². The van der Waals surface area contributed by atoms with Crippen LogP contribution in [0.5, 0.6) is 0 Å². The largest absolute Gasteiger partial charge is 0.298 e. The fourth-order valence-electron chi connectivity index (χ4n) is 4.06. The zero-order valence-corrected chi connectivity index (χ0v) is 14.1. The van der Waals surface area contributed by atoms with Crippen LogP contribution in [0.1, 0.15) is 42.0 Å². The summed E-state index contributed by atoms with van der Waals surface area (Å²) >= 11 is 0. The maximum absolute atomic E-state index is 13.0. The van der Waals surface area contributed by atoms with Gasteiger partial charge in [0.2, 0.25) is 0 Å². The first kappa shape index (κ1) is 15.4. The molecular weight excluding hydrogens is 278 g/mol. The summed E-state index contributed by atoms with van der Waals surface area (Å²) < 4.78 is 0. The predicted molar refractivity (Wildman–Crippen MR) is 83.6 cm³/mol. The lowest BCUT2D eigenvalue weighted by atomic mass is 9.82. The number of rotatable bonds is 1. The molecule has 1 saturated carbocycles. The van der Waals surface area contributed by atoms with Gasteiger partial charge in [0.25, 0.3) is 0 Å². The first-order valence-corrected chi connectivity index (χ1v) is 7.72. The van der Waals surface area contributed by atoms with Gasteiger partial charge in [-0.05, 0) is 51.3 Å². The second kappa shape index (κ2) is 4.74. The highest BCUT2D eigenvalue weighted by molar-refractivity contribution is 6.18. The summed E-state index contributed by atoms with van der Waals surface area (Å²) in [4.78, 5) is 31.6. The van der Waals surface area contributed by atoms with Gasteiger partial charge in [-0.15, -0.1) is 0 Å². The third-order valence-corrected chi connectivity index (χ3v) is 5.33. The van der Waals surface area contributed by atoms with Crippen molar-refractivity contribution in [3.63, 3.8) is 0 Å². The molecule has 22 heavy (non-hydrogen) atoms. The molecule has 3 rings (SSSR count). The van der Waals surface area contributed by atoms with Crippen LogP contribution in [0.3, 0.4) is 0 Å². The molecule has 0 spiro atoms. The Hall–Kier alpha value is -1.52. The highest BCUT2D eigenvalue weighted by atomic mass is 16.7. The molecule has 1 aromatic rings. The van der Waals surface area contributed by atoms with Crippen LogP contribution in [0.2, 0.25) is 0 Å². The van der Waals surface area contributed by atoms with Crippen LogP contribution < -0.4 is 0 Å². The Morgan fingerprint density at radius 1 is 1.05 bits per heavy atom. The van der Waals surface area contributed by atoms with Gasteiger partial charge >= 0.3 is 0 Å². The molecule has 118 valence electrons. The highest BCUT2D eigenvalue weighted by Crippen LogP contribution is 2.47. The number of carbonyl (C=O) groups excluding carboxylic acids is 2. The van der Waals surface area contributed by atoms with Gasteiger partial charge in [0.05, 0.1) is 11.5 Å². The molecule has 1 heterocycles. The Labute approximate surface area is 131 Å². The third kappa shape index (κ3) is 1.90. The van der Waals surface area contributed by atoms with Crippen molar-refractivity contribution >= 4 is 11.6 Å². The van der Waals surface area contributed by atoms with Gasteiger partial charge < -0.3 is 0 Å². The Bertz CT molecular complexity index is 654. The molecule has 1 aliphatic carbocycles. The molecule has 2 aliphatic rings. The Morgan fingerprint density at radius 3 is 2.09 bits per heavy atom. The van der Waals surface area contributed by atoms with Crippen molar-refractivity contribution in [2.45, 2.75) is 52.2 Å². The molecular formula is C18H23NO3. The lowest BCUT2D eigenvalue weighted by Crippen LogP contribution is -2.42. The number of ketones is 2. The van der Waals surface area contributed by atoms with Crippen LogP contribution >= 0.6 is 0 Å². The fraction of sp³-hybridized carbons (Fsp3) is 0.556. The molecule has 1 unspecified atom stereocenters. The minimum atomic E-state index is -0.677. The molecule has 2 fully saturated rings. The van der Waals surface area contributed by atoms with Crippen LogP contribution in [0.15, 0.2) is 12.1 Å². The molecule has 0 radical (unpaired) electrons. The van der Waals surface area contributed by atoms with Gasteiger partial charge in [-0.25, -0.2) is 0 Å². The van der Waals surface area contributed by atoms with Crippen molar-refractivity contribution in [2.75, 3.05) is 7.05 Å². The monoisotopic (exact) mass is 301 g/mol. The van der Waals surface area contributed by atoms with E-state index in [1.807, 2.05) is 46.8 Å². The molecule has 4 heteroatoms. The number of carbonyl (C=O) groups is 2. The molecule has 1 saturated heterocycles. The number of hydrogen-bond donors (Lipinski definition) is 0. The normalized spacial score (nSPS) is 30.9. The molecule has 0 N–H and O–H groups in total. The average Bonchev–Trinajstić information content (AvgIpc) is 2.76. The Balaban J connectivity index is 2.09. The predicted octanol–water partition coefficient (Wildman–Crippen LogP) is 2.49. The van der Waals surface area contributed by atoms with Crippen LogP contribution in [0.4, 0.5) is 0 Å². The van der Waals surface area contributed by atoms with Crippen molar-refractivity contribution in [2.24, 2.45) is 5.92 Å². The highest BCUT2D eigenvalue weighted by Gasteiger charge is 2.62. The summed E-state index contributed by atoms with van der Waals surface area (Å²) in [5, 5.41) is 1.66. The van der Waals surface area contributed by atoms with Gasteiger partial charge in [-0.2, -0.15) is 5.06 Å². The second-order valence-corrected chi connectivity index (χ2v) is 7.20. The maximum atomic E-state index is 13.0. The van der Waals surface area contributed by atoms with E-state index in [1.54, 1.807) is 12.1 Å². The summed E-state index contributed by atoms with van der Waals surface area (Å²) in [6.07, 6.45) is -0.641. The number of hydroxylamine groups is 2. The van der Waals surface area contributed by atoms with Crippen LogP contribution in [-0.4, -0.2) is 35.3 Å². The van der Waals surface area contributed by atoms with Gasteiger partial charge in [-0.1, -0.05) is 17.7 Å². The van der Waals surface area contributed by atoms with Crippen molar-refractivity contribution in [3.05, 3.63) is 34.4 Å². The average molecular weight is 301 g/mol. The van der Waals surface area contributed by atoms with E-state index < -0.39 is 23.5 Å². The number of nitrogens with zero attached hydrogens (tertiary/aromatic N) is 1. The number of aryl methyl sites for hydroxylation is 3. The summed E-state index contributed by atoms with van der Waals surface area (Å²) in [7, 11) is 1.79. The lowest BCUT2D eigenvalue weighted by Gasteiger charge is -2.29. The molecule has 1 aliphatic heterocycles. The number of fused-ring (bicyclic) bond motifs is 1. The molecule has 0 bridgehead atoms. The standard InChI is InChI=1S/C18H23NO3/c1-9-7-10(2)12(11(3)8-9)13-15(20)14-17(16(13)21)22-19(6)18(14,4)5/h7-8,13-14,17H,1-6H3/t13?,14-,17-/m1/s1. The summed E-state index contributed by atoms with van der Waals surface area (Å²) in [5.41, 5.74) is 3.58. The van der Waals surface area contributed by atoms with Gasteiger partial charge in [0.15, 0.2) is 17.7 Å². The van der Waals surface area contributed by atoms with Crippen molar-refractivity contribution in [1.82, 2.24) is 5.06 Å². The SMILES string of the molecule is Cc1cc(C)c(C2C(=O)[C@@H]3[C@@H](ON(C)C3(C)C)C2=O)c(C)c1. The molecule has 1 aromatic carbocycles. The number of benzene rings is 1. The zero-order valence-electron chi connectivity index (χ0n) is 14.1. The van der Waals surface area contributed by atoms with Crippen LogP contribution in [0.25, 0.3) is 0 Å². The molecule has 0 aromatic heterocycles. The zero-order chi connectivity index (χ0) is 16.4. The molecule has 3 atom stereocenters. The van der Waals surface area contributed by atoms with Crippen molar-refractivity contribution in [3.8, 4) is 0 Å². The summed E-state index contributed by atoms with van der Waals surface area (Å²) in [5.74, 6) is -1.17. The van der Waals surface area contributed by atoms with Gasteiger partial charge in [0, 0.05) is 7.05 Å². The number of hydrogen-bond acceptors (Lipinski definition) is 4. The Kier molecular flexibility index (Phi) is 3.31. The smallest absolute Gasteiger partial charge is 0.179 e. The summed E-state index contributed by atoms with van der Waals surface area (Å²) in [6.45, 7) is 9.89. The summed E-state index contributed by atoms with van der Waals surface area (Å²) in [6, 6.07) is 4.07. The molecule has 0 amide bonds. The van der Waals surface area contributed by atoms with Crippen LogP contribution in [-0.2, 0) is 14.4 Å². The minimum absolute atomic E-state index is 0.000553. The van der Waals surface area contributed by atoms with E-state index in [0.717, 1.165) is 22.3 Å². The van der Waals surface area contributed by atoms with E-state index in [0.29, 0.717) is 0 Å². The lowest BCUT2D eigenvalue weighted by molar-refractivity contribution is -0.171. The van der Waals surface area contributed by atoms with E-state index in [4.69, 9.17) is 4.84 Å². The van der Waals surface area contributed by atoms with E-state index in [1.165, 1.54) is 0 Å². The number of Topliss-reactive ketones (excluding diaryl/α,β-unsaturated/α-hetero) is 2. The fourth-order valence-corrected chi connectivity index (χ4v) is 4.06.